The summed E-state index contributed by atoms with van der Waals surface area (Å²) >= 11 is 3.31. The first kappa shape index (κ1) is 14.9. The molecule has 0 saturated carbocycles. The number of nitrogens with zero attached hydrogens (tertiary/aromatic N) is 3. The number of rotatable bonds is 5. The zero-order chi connectivity index (χ0) is 14.5. The Balaban J connectivity index is 2.20. The quantitative estimate of drug-likeness (QED) is 0.386. The summed E-state index contributed by atoms with van der Waals surface area (Å²) in [5, 5.41) is 13.0. The molecule has 7 heteroatoms. The second kappa shape index (κ2) is 6.81. The van der Waals surface area contributed by atoms with Crippen LogP contribution in [0.1, 0.15) is 18.9 Å². The van der Waals surface area contributed by atoms with Gasteiger partial charge >= 0.3 is 0 Å². The summed E-state index contributed by atoms with van der Waals surface area (Å²) in [5.74, 6) is 0.488. The number of benzene rings is 1. The molecule has 1 saturated heterocycles. The first-order valence-corrected chi connectivity index (χ1v) is 7.44. The Bertz CT molecular complexity index is 494. The minimum atomic E-state index is -0.856. The largest absolute Gasteiger partial charge is 0.296 e. The Morgan fingerprint density at radius 2 is 2.15 bits per heavy atom. The van der Waals surface area contributed by atoms with Crippen molar-refractivity contribution in [3.63, 3.8) is 0 Å². The predicted octanol–water partition coefficient (Wildman–Crippen LogP) is 2.18. The molecule has 1 N–H and O–H groups in total. The number of aliphatic imine (C=N–C) groups is 1. The van der Waals surface area contributed by atoms with Gasteiger partial charge in [0.2, 0.25) is 0 Å². The van der Waals surface area contributed by atoms with Gasteiger partial charge in [0.05, 0.1) is 6.54 Å². The molecule has 108 valence electrons. The normalized spacial score (nSPS) is 24.3. The van der Waals surface area contributed by atoms with Crippen LogP contribution in [0.25, 0.3) is 0 Å². The van der Waals surface area contributed by atoms with Crippen LogP contribution in [0.2, 0.25) is 0 Å². The third-order valence-electron chi connectivity index (χ3n) is 3.04. The van der Waals surface area contributed by atoms with Gasteiger partial charge in [-0.3, -0.25) is 20.1 Å². The molecule has 0 bridgehead atoms. The number of nitrogens with one attached hydrogen (secondary N) is 1. The van der Waals surface area contributed by atoms with Crippen molar-refractivity contribution < 1.29 is 4.92 Å². The van der Waals surface area contributed by atoms with Gasteiger partial charge in [-0.05, 0) is 12.0 Å². The van der Waals surface area contributed by atoms with Crippen LogP contribution in [-0.2, 0) is 6.54 Å². The molecule has 0 spiro atoms. The molecule has 0 aliphatic carbocycles. The van der Waals surface area contributed by atoms with Crippen LogP contribution in [0.15, 0.2) is 35.3 Å². The SMILES string of the molecule is CCCN1NC(Br)C([N+](=O)[O-])C1=NCc1ccccc1. The Morgan fingerprint density at radius 1 is 1.45 bits per heavy atom. The van der Waals surface area contributed by atoms with Crippen LogP contribution in [0.3, 0.4) is 0 Å². The first-order valence-electron chi connectivity index (χ1n) is 6.53. The average Bonchev–Trinajstić information content (AvgIpc) is 2.74. The highest BCUT2D eigenvalue weighted by Crippen LogP contribution is 2.19. The van der Waals surface area contributed by atoms with Crippen LogP contribution in [0.4, 0.5) is 0 Å². The fourth-order valence-electron chi connectivity index (χ4n) is 2.11. The van der Waals surface area contributed by atoms with E-state index in [2.05, 4.69) is 26.3 Å². The maximum atomic E-state index is 11.2. The van der Waals surface area contributed by atoms with Crippen LogP contribution in [0, 0.1) is 10.1 Å². The second-order valence-corrected chi connectivity index (χ2v) is 5.56. The van der Waals surface area contributed by atoms with Crippen molar-refractivity contribution in [3.05, 3.63) is 46.0 Å². The summed E-state index contributed by atoms with van der Waals surface area (Å²) < 4.78 is 0. The van der Waals surface area contributed by atoms with Crippen molar-refractivity contribution in [2.24, 2.45) is 4.99 Å². The van der Waals surface area contributed by atoms with Crippen molar-refractivity contribution in [1.29, 1.82) is 0 Å². The fraction of sp³-hybridized carbons (Fsp3) is 0.462. The molecule has 1 fully saturated rings. The fourth-order valence-corrected chi connectivity index (χ4v) is 2.79. The topological polar surface area (TPSA) is 70.8 Å². The molecule has 0 aromatic heterocycles. The summed E-state index contributed by atoms with van der Waals surface area (Å²) in [6, 6.07) is 8.87. The molecule has 1 aromatic carbocycles. The van der Waals surface area contributed by atoms with Gasteiger partial charge in [-0.25, -0.2) is 5.43 Å². The summed E-state index contributed by atoms with van der Waals surface area (Å²) in [7, 11) is 0. The van der Waals surface area contributed by atoms with Crippen LogP contribution < -0.4 is 5.43 Å². The van der Waals surface area contributed by atoms with Crippen molar-refractivity contribution in [1.82, 2.24) is 10.4 Å². The first-order chi connectivity index (χ1) is 9.63. The molecular formula is C13H17BrN4O2. The Hall–Kier alpha value is -1.47. The smallest absolute Gasteiger partial charge is 0.289 e. The van der Waals surface area contributed by atoms with Gasteiger partial charge in [-0.2, -0.15) is 0 Å². The van der Waals surface area contributed by atoms with Crippen LogP contribution in [-0.4, -0.2) is 33.3 Å². The van der Waals surface area contributed by atoms with Crippen molar-refractivity contribution in [3.8, 4) is 0 Å². The van der Waals surface area contributed by atoms with E-state index in [1.54, 1.807) is 5.01 Å². The molecule has 20 heavy (non-hydrogen) atoms. The Morgan fingerprint density at radius 3 is 2.75 bits per heavy atom. The van der Waals surface area contributed by atoms with Gasteiger partial charge in [0.15, 0.2) is 10.8 Å². The minimum Gasteiger partial charge on any atom is -0.289 e. The highest BCUT2D eigenvalue weighted by atomic mass is 79.9. The number of amidine groups is 1. The number of hydrazine groups is 1. The summed E-state index contributed by atoms with van der Waals surface area (Å²) in [6.45, 7) is 3.17. The zero-order valence-electron chi connectivity index (χ0n) is 11.2. The number of hydrogen-bond acceptors (Lipinski definition) is 4. The van der Waals surface area contributed by atoms with E-state index in [0.29, 0.717) is 18.9 Å². The molecule has 2 atom stereocenters. The van der Waals surface area contributed by atoms with E-state index in [4.69, 9.17) is 0 Å². The van der Waals surface area contributed by atoms with Gasteiger partial charge in [-0.1, -0.05) is 53.2 Å². The van der Waals surface area contributed by atoms with Crippen molar-refractivity contribution in [2.75, 3.05) is 6.54 Å². The number of alkyl halides is 1. The number of hydrogen-bond donors (Lipinski definition) is 1. The van der Waals surface area contributed by atoms with Gasteiger partial charge in [0, 0.05) is 11.5 Å². The van der Waals surface area contributed by atoms with Gasteiger partial charge in [-0.15, -0.1) is 0 Å². The molecule has 6 nitrogen and oxygen atoms in total. The molecule has 0 amide bonds. The molecular weight excluding hydrogens is 324 g/mol. The van der Waals surface area contributed by atoms with E-state index in [-0.39, 0.29) is 4.92 Å². The van der Waals surface area contributed by atoms with E-state index in [0.717, 1.165) is 12.0 Å². The Labute approximate surface area is 126 Å². The van der Waals surface area contributed by atoms with Gasteiger partial charge in [0.25, 0.3) is 6.04 Å². The number of halogens is 1. The van der Waals surface area contributed by atoms with E-state index in [1.165, 1.54) is 0 Å². The summed E-state index contributed by atoms with van der Waals surface area (Å²) in [6.07, 6.45) is 0.890. The molecule has 1 heterocycles. The zero-order valence-corrected chi connectivity index (χ0v) is 12.8. The molecule has 2 unspecified atom stereocenters. The monoisotopic (exact) mass is 340 g/mol. The maximum absolute atomic E-state index is 11.2. The molecule has 0 radical (unpaired) electrons. The minimum absolute atomic E-state index is 0.300. The lowest BCUT2D eigenvalue weighted by atomic mass is 10.2. The highest BCUT2D eigenvalue weighted by molar-refractivity contribution is 9.09. The Kier molecular flexibility index (Phi) is 5.08. The molecule has 1 aliphatic heterocycles. The lowest BCUT2D eigenvalue weighted by Crippen LogP contribution is -2.37. The maximum Gasteiger partial charge on any atom is 0.296 e. The van der Waals surface area contributed by atoms with E-state index in [9.17, 15) is 10.1 Å². The van der Waals surface area contributed by atoms with Crippen molar-refractivity contribution >= 4 is 21.8 Å². The molecule has 1 aliphatic rings. The molecule has 1 aromatic rings. The standard InChI is InChI=1S/C13H17BrN4O2/c1-2-8-17-13(11(18(19)20)12(14)16-17)15-9-10-6-4-3-5-7-10/h3-7,11-12,16H,2,8-9H2,1H3. The van der Waals surface area contributed by atoms with Crippen molar-refractivity contribution in [2.45, 2.75) is 30.9 Å². The van der Waals surface area contributed by atoms with E-state index in [1.807, 2.05) is 37.3 Å². The summed E-state index contributed by atoms with van der Waals surface area (Å²) in [4.78, 5) is 14.9. The lowest BCUT2D eigenvalue weighted by molar-refractivity contribution is -0.500. The van der Waals surface area contributed by atoms with Gasteiger partial charge in [0.1, 0.15) is 0 Å². The lowest BCUT2D eigenvalue weighted by Gasteiger charge is -2.17. The number of nitro groups is 1. The second-order valence-electron chi connectivity index (χ2n) is 4.57. The molecule has 2 rings (SSSR count). The van der Waals surface area contributed by atoms with E-state index < -0.39 is 11.0 Å². The predicted molar refractivity (Wildman–Crippen MR) is 81.2 cm³/mol. The van der Waals surface area contributed by atoms with Crippen LogP contribution in [0.5, 0.6) is 0 Å². The summed E-state index contributed by atoms with van der Waals surface area (Å²) in [5.41, 5.74) is 4.09. The van der Waals surface area contributed by atoms with Crippen LogP contribution >= 0.6 is 15.9 Å². The van der Waals surface area contributed by atoms with E-state index >= 15 is 0 Å². The third-order valence-corrected chi connectivity index (χ3v) is 3.74. The average molecular weight is 341 g/mol. The van der Waals surface area contributed by atoms with Gasteiger partial charge < -0.3 is 0 Å². The highest BCUT2D eigenvalue weighted by Gasteiger charge is 2.45. The third kappa shape index (κ3) is 3.34.